The van der Waals surface area contributed by atoms with Gasteiger partial charge < -0.3 is 10.6 Å². The Kier molecular flexibility index (Phi) is 4.03. The highest BCUT2D eigenvalue weighted by atomic mass is 16.2. The Bertz CT molecular complexity index is 482. The molecule has 20 heavy (non-hydrogen) atoms. The maximum absolute atomic E-state index is 12.3. The molecule has 108 valence electrons. The van der Waals surface area contributed by atoms with Crippen molar-refractivity contribution in [1.29, 1.82) is 0 Å². The van der Waals surface area contributed by atoms with E-state index in [4.69, 9.17) is 5.73 Å². The van der Waals surface area contributed by atoms with Gasteiger partial charge in [0.15, 0.2) is 0 Å². The van der Waals surface area contributed by atoms with Gasteiger partial charge in [-0.3, -0.25) is 9.69 Å². The molecule has 0 aromatic heterocycles. The summed E-state index contributed by atoms with van der Waals surface area (Å²) in [6.07, 6.45) is 3.31. The van der Waals surface area contributed by atoms with E-state index in [2.05, 4.69) is 29.2 Å². The molecule has 2 aliphatic heterocycles. The summed E-state index contributed by atoms with van der Waals surface area (Å²) in [6, 6.07) is 8.66. The molecule has 1 aromatic rings. The third-order valence-corrected chi connectivity index (χ3v) is 4.54. The van der Waals surface area contributed by atoms with Crippen molar-refractivity contribution in [3.8, 4) is 0 Å². The van der Waals surface area contributed by atoms with Crippen LogP contribution in [0.15, 0.2) is 24.3 Å². The van der Waals surface area contributed by atoms with E-state index in [1.807, 2.05) is 4.90 Å². The van der Waals surface area contributed by atoms with Crippen molar-refractivity contribution in [2.24, 2.45) is 5.73 Å². The number of likely N-dealkylation sites (tertiary alicyclic amines) is 1. The van der Waals surface area contributed by atoms with Gasteiger partial charge in [0.25, 0.3) is 0 Å². The molecule has 0 bridgehead atoms. The van der Waals surface area contributed by atoms with Crippen LogP contribution in [0.3, 0.4) is 0 Å². The SMILES string of the molecule is NCC1c2ccccc2CCN1CC(=O)N1CCCC1. The molecular weight excluding hydrogens is 250 g/mol. The maximum Gasteiger partial charge on any atom is 0.236 e. The molecule has 2 heterocycles. The number of rotatable bonds is 3. The number of benzene rings is 1. The van der Waals surface area contributed by atoms with Crippen LogP contribution in [-0.4, -0.2) is 48.4 Å². The van der Waals surface area contributed by atoms with Crippen LogP contribution in [0.4, 0.5) is 0 Å². The van der Waals surface area contributed by atoms with Crippen LogP contribution in [0.5, 0.6) is 0 Å². The monoisotopic (exact) mass is 273 g/mol. The largest absolute Gasteiger partial charge is 0.342 e. The molecule has 4 nitrogen and oxygen atoms in total. The number of nitrogens with zero attached hydrogens (tertiary/aromatic N) is 2. The fourth-order valence-corrected chi connectivity index (χ4v) is 3.41. The van der Waals surface area contributed by atoms with Crippen molar-refractivity contribution in [2.45, 2.75) is 25.3 Å². The Balaban J connectivity index is 1.72. The Hall–Kier alpha value is -1.39. The van der Waals surface area contributed by atoms with Crippen LogP contribution < -0.4 is 5.73 Å². The summed E-state index contributed by atoms with van der Waals surface area (Å²) >= 11 is 0. The summed E-state index contributed by atoms with van der Waals surface area (Å²) in [6.45, 7) is 3.87. The minimum absolute atomic E-state index is 0.187. The van der Waals surface area contributed by atoms with Crippen molar-refractivity contribution >= 4 is 5.91 Å². The number of hydrogen-bond acceptors (Lipinski definition) is 3. The van der Waals surface area contributed by atoms with Crippen molar-refractivity contribution in [3.63, 3.8) is 0 Å². The van der Waals surface area contributed by atoms with E-state index in [9.17, 15) is 4.79 Å². The second kappa shape index (κ2) is 5.94. The molecule has 2 N–H and O–H groups in total. The highest BCUT2D eigenvalue weighted by Gasteiger charge is 2.29. The van der Waals surface area contributed by atoms with E-state index in [0.29, 0.717) is 13.1 Å². The third-order valence-electron chi connectivity index (χ3n) is 4.54. The number of hydrogen-bond donors (Lipinski definition) is 1. The predicted molar refractivity (Wildman–Crippen MR) is 79.3 cm³/mol. The first kappa shape index (κ1) is 13.6. The molecule has 1 unspecified atom stereocenters. The third kappa shape index (κ3) is 2.58. The number of fused-ring (bicyclic) bond motifs is 1. The van der Waals surface area contributed by atoms with Gasteiger partial charge >= 0.3 is 0 Å². The Morgan fingerprint density at radius 2 is 1.95 bits per heavy atom. The second-order valence-electron chi connectivity index (χ2n) is 5.76. The molecule has 1 saturated heterocycles. The fourth-order valence-electron chi connectivity index (χ4n) is 3.41. The van der Waals surface area contributed by atoms with Gasteiger partial charge in [-0.05, 0) is 30.4 Å². The van der Waals surface area contributed by atoms with Gasteiger partial charge in [0.05, 0.1) is 6.54 Å². The second-order valence-corrected chi connectivity index (χ2v) is 5.76. The molecular formula is C16H23N3O. The number of amides is 1. The lowest BCUT2D eigenvalue weighted by molar-refractivity contribution is -0.132. The van der Waals surface area contributed by atoms with Crippen molar-refractivity contribution in [1.82, 2.24) is 9.80 Å². The number of nitrogens with two attached hydrogens (primary N) is 1. The summed E-state index contributed by atoms with van der Waals surface area (Å²) in [4.78, 5) is 16.6. The first-order valence-electron chi connectivity index (χ1n) is 7.59. The van der Waals surface area contributed by atoms with Crippen molar-refractivity contribution < 1.29 is 4.79 Å². The molecule has 0 aliphatic carbocycles. The summed E-state index contributed by atoms with van der Waals surface area (Å²) in [5, 5.41) is 0. The summed E-state index contributed by atoms with van der Waals surface area (Å²) in [5.41, 5.74) is 8.65. The molecule has 1 fully saturated rings. The lowest BCUT2D eigenvalue weighted by Crippen LogP contribution is -2.45. The first-order valence-corrected chi connectivity index (χ1v) is 7.59. The van der Waals surface area contributed by atoms with Crippen molar-refractivity contribution in [2.75, 3.05) is 32.7 Å². The van der Waals surface area contributed by atoms with Crippen LogP contribution in [0.2, 0.25) is 0 Å². The van der Waals surface area contributed by atoms with Gasteiger partial charge in [-0.15, -0.1) is 0 Å². The standard InChI is InChI=1S/C16H23N3O/c17-11-15-14-6-2-1-5-13(14)7-10-19(15)12-16(20)18-8-3-4-9-18/h1-2,5-6,15H,3-4,7-12,17H2. The van der Waals surface area contributed by atoms with Gasteiger partial charge in [0.2, 0.25) is 5.91 Å². The smallest absolute Gasteiger partial charge is 0.236 e. The van der Waals surface area contributed by atoms with E-state index in [1.165, 1.54) is 11.1 Å². The average Bonchev–Trinajstić information content (AvgIpc) is 3.01. The molecule has 0 saturated carbocycles. The molecule has 0 spiro atoms. The normalized spacial score (nSPS) is 22.9. The zero-order valence-electron chi connectivity index (χ0n) is 11.9. The average molecular weight is 273 g/mol. The van der Waals surface area contributed by atoms with E-state index < -0.39 is 0 Å². The van der Waals surface area contributed by atoms with E-state index in [0.717, 1.165) is 38.9 Å². The first-order chi connectivity index (χ1) is 9.79. The zero-order valence-corrected chi connectivity index (χ0v) is 11.9. The molecule has 0 radical (unpaired) electrons. The highest BCUT2D eigenvalue weighted by molar-refractivity contribution is 5.78. The number of carbonyl (C=O) groups excluding carboxylic acids is 1. The molecule has 1 amide bonds. The summed E-state index contributed by atoms with van der Waals surface area (Å²) in [7, 11) is 0. The van der Waals surface area contributed by atoms with E-state index in [1.54, 1.807) is 0 Å². The van der Waals surface area contributed by atoms with E-state index >= 15 is 0 Å². The van der Waals surface area contributed by atoms with Crippen LogP contribution in [0, 0.1) is 0 Å². The lowest BCUT2D eigenvalue weighted by Gasteiger charge is -2.37. The molecule has 1 aromatic carbocycles. The van der Waals surface area contributed by atoms with Crippen LogP contribution >= 0.6 is 0 Å². The van der Waals surface area contributed by atoms with E-state index in [-0.39, 0.29) is 11.9 Å². The Morgan fingerprint density at radius 1 is 1.20 bits per heavy atom. The predicted octanol–water partition coefficient (Wildman–Crippen LogP) is 1.17. The minimum atomic E-state index is 0.187. The van der Waals surface area contributed by atoms with Gasteiger partial charge in [-0.25, -0.2) is 0 Å². The van der Waals surface area contributed by atoms with Crippen LogP contribution in [0.25, 0.3) is 0 Å². The quantitative estimate of drug-likeness (QED) is 0.899. The maximum atomic E-state index is 12.3. The lowest BCUT2D eigenvalue weighted by atomic mass is 9.92. The topological polar surface area (TPSA) is 49.6 Å². The van der Waals surface area contributed by atoms with Crippen molar-refractivity contribution in [3.05, 3.63) is 35.4 Å². The van der Waals surface area contributed by atoms with Gasteiger partial charge in [0.1, 0.15) is 0 Å². The summed E-state index contributed by atoms with van der Waals surface area (Å²) < 4.78 is 0. The fraction of sp³-hybridized carbons (Fsp3) is 0.562. The van der Waals surface area contributed by atoms with Gasteiger partial charge in [-0.1, -0.05) is 24.3 Å². The van der Waals surface area contributed by atoms with Gasteiger partial charge in [0, 0.05) is 32.2 Å². The summed E-state index contributed by atoms with van der Waals surface area (Å²) in [5.74, 6) is 0.264. The Morgan fingerprint density at radius 3 is 2.70 bits per heavy atom. The van der Waals surface area contributed by atoms with Gasteiger partial charge in [-0.2, -0.15) is 0 Å². The highest BCUT2D eigenvalue weighted by Crippen LogP contribution is 2.28. The minimum Gasteiger partial charge on any atom is -0.342 e. The zero-order chi connectivity index (χ0) is 13.9. The van der Waals surface area contributed by atoms with Crippen LogP contribution in [-0.2, 0) is 11.2 Å². The molecule has 4 heteroatoms. The number of carbonyl (C=O) groups is 1. The molecule has 1 atom stereocenters. The molecule has 3 rings (SSSR count). The Labute approximate surface area is 120 Å². The van der Waals surface area contributed by atoms with Crippen LogP contribution in [0.1, 0.15) is 30.0 Å². The molecule has 2 aliphatic rings.